The average molecular weight is 825 g/mol. The fraction of sp³-hybridized carbons (Fsp3) is 0.433. The normalized spacial score (nSPS) is 16.5. The molecule has 0 aliphatic carbocycles. The molecule has 3 heterocycles. The van der Waals surface area contributed by atoms with Crippen molar-refractivity contribution in [3.05, 3.63) is 67.3 Å². The number of carboxylic acid groups (broad SMARTS) is 1. The van der Waals surface area contributed by atoms with Crippen molar-refractivity contribution in [2.75, 3.05) is 30.4 Å². The van der Waals surface area contributed by atoms with Crippen molar-refractivity contribution in [3.8, 4) is 0 Å². The number of benzene rings is 2. The van der Waals surface area contributed by atoms with E-state index in [1.807, 2.05) is 0 Å². The second kappa shape index (κ2) is 18.5. The van der Waals surface area contributed by atoms with E-state index >= 15 is 0 Å². The van der Waals surface area contributed by atoms with Crippen LogP contribution in [0.4, 0.5) is 15.8 Å². The number of aliphatic carboxylic acids is 1. The number of ether oxygens (including phenoxy) is 1. The molecule has 0 radical (unpaired) electrons. The van der Waals surface area contributed by atoms with Crippen molar-refractivity contribution < 1.29 is 46.5 Å². The van der Waals surface area contributed by atoms with Gasteiger partial charge in [0.25, 0.3) is 5.91 Å². The van der Waals surface area contributed by atoms with Crippen LogP contribution in [0, 0.1) is 5.82 Å². The molecule has 3 aromatic rings. The highest BCUT2D eigenvalue weighted by Crippen LogP contribution is 2.36. The molecule has 2 aromatic carbocycles. The van der Waals surface area contributed by atoms with Gasteiger partial charge in [0, 0.05) is 36.9 Å². The Labute approximate surface area is 312 Å². The predicted octanol–water partition coefficient (Wildman–Crippen LogP) is 3.69. The Kier molecular flexibility index (Phi) is 15.3. The van der Waals surface area contributed by atoms with Crippen LogP contribution in [0.3, 0.4) is 0 Å². The number of anilines is 1. The predicted molar refractivity (Wildman–Crippen MR) is 196 cm³/mol. The number of hydrogen-bond donors (Lipinski definition) is 4. The third kappa shape index (κ3) is 11.7. The second-order valence-corrected chi connectivity index (χ2v) is 18.1. The first-order chi connectivity index (χ1) is 24.2. The maximum atomic E-state index is 14.3. The van der Waals surface area contributed by atoms with Gasteiger partial charge in [0.15, 0.2) is 7.37 Å². The molecule has 0 spiro atoms. The molecule has 16 nitrogen and oxygen atoms in total. The number of methoxy groups -OCH3 is 1. The molecule has 0 saturated heterocycles. The standard InChI is InChI=1S/C15H15ClFN3O3S2.C10H12N2O3S.C5H12NO4P/c1-23-13(21)8-24-12-7-11(10(17)6-9(12)16)18-14-19-4-2-3-5-20(19)15(22)25-14;1-7(2)12-10(13)8-5-3-4-6-9(8)11-16(12,14)15;1-11(9,10)3-2-4(6)5(7)8/h6-7H,2-5,8H2,1H3;3-7,11H,1-2H3;4H,2-3,6H2,1H3,(H,7,8)(H,9,10). The summed E-state index contributed by atoms with van der Waals surface area (Å²) in [6.45, 7) is 5.82. The van der Waals surface area contributed by atoms with E-state index in [4.69, 9.17) is 27.3 Å². The van der Waals surface area contributed by atoms with Gasteiger partial charge in [-0.25, -0.2) is 18.4 Å². The average Bonchev–Trinajstić information content (AvgIpc) is 3.38. The van der Waals surface area contributed by atoms with Crippen LogP contribution in [0.1, 0.15) is 43.5 Å². The van der Waals surface area contributed by atoms with Gasteiger partial charge in [-0.1, -0.05) is 23.7 Å². The number of thioether (sulfide) groups is 1. The molecule has 1 aromatic heterocycles. The molecule has 0 saturated carbocycles. The van der Waals surface area contributed by atoms with Crippen LogP contribution < -0.4 is 20.1 Å². The summed E-state index contributed by atoms with van der Waals surface area (Å²) >= 11 is 8.17. The molecular weight excluding hydrogens is 786 g/mol. The molecule has 286 valence electrons. The highest BCUT2D eigenvalue weighted by Gasteiger charge is 2.37. The summed E-state index contributed by atoms with van der Waals surface area (Å²) in [5.41, 5.74) is 5.89. The third-order valence-electron chi connectivity index (χ3n) is 7.18. The van der Waals surface area contributed by atoms with E-state index in [1.54, 1.807) is 47.5 Å². The van der Waals surface area contributed by atoms with E-state index in [-0.39, 0.29) is 33.9 Å². The van der Waals surface area contributed by atoms with Crippen LogP contribution in [0.25, 0.3) is 0 Å². The summed E-state index contributed by atoms with van der Waals surface area (Å²) in [7, 11) is -5.56. The third-order valence-corrected chi connectivity index (χ3v) is 12.2. The molecule has 2 aliphatic rings. The number of nitrogens with one attached hydrogen (secondary N) is 1. The lowest BCUT2D eigenvalue weighted by Crippen LogP contribution is -2.48. The lowest BCUT2D eigenvalue weighted by atomic mass is 10.1. The molecule has 5 rings (SSSR count). The molecule has 2 unspecified atom stereocenters. The van der Waals surface area contributed by atoms with Gasteiger partial charge in [-0.2, -0.15) is 8.42 Å². The Morgan fingerprint density at radius 2 is 1.83 bits per heavy atom. The molecule has 1 amide bonds. The fourth-order valence-corrected chi connectivity index (χ4v) is 8.79. The molecule has 5 N–H and O–H groups in total. The summed E-state index contributed by atoms with van der Waals surface area (Å²) in [4.78, 5) is 59.4. The summed E-state index contributed by atoms with van der Waals surface area (Å²) in [6, 6.07) is 7.77. The first kappa shape index (κ1) is 42.9. The van der Waals surface area contributed by atoms with Crippen LogP contribution >= 0.6 is 42.1 Å². The van der Waals surface area contributed by atoms with Crippen molar-refractivity contribution in [2.24, 2.45) is 10.7 Å². The minimum Gasteiger partial charge on any atom is -0.480 e. The van der Waals surface area contributed by atoms with E-state index in [1.165, 1.54) is 19.8 Å². The number of esters is 1. The first-order valence-corrected chi connectivity index (χ1v) is 21.4. The van der Waals surface area contributed by atoms with Gasteiger partial charge in [-0.05, 0) is 68.7 Å². The number of fused-ring (bicyclic) bond motifs is 2. The minimum atomic E-state index is -3.75. The van der Waals surface area contributed by atoms with Crippen LogP contribution in [0.15, 0.2) is 51.1 Å². The van der Waals surface area contributed by atoms with Gasteiger partial charge in [-0.15, -0.1) is 11.8 Å². The minimum absolute atomic E-state index is 0.0412. The number of rotatable bonds is 9. The largest absolute Gasteiger partial charge is 0.480 e. The number of hydrogen-bond acceptors (Lipinski definition) is 12. The number of amides is 1. The first-order valence-electron chi connectivity index (χ1n) is 15.5. The highest BCUT2D eigenvalue weighted by atomic mass is 35.5. The van der Waals surface area contributed by atoms with Gasteiger partial charge in [-0.3, -0.25) is 33.1 Å². The molecule has 2 aliphatic heterocycles. The lowest BCUT2D eigenvalue weighted by Gasteiger charge is -2.31. The van der Waals surface area contributed by atoms with E-state index in [0.29, 0.717) is 34.0 Å². The topological polar surface area (TPSA) is 233 Å². The van der Waals surface area contributed by atoms with E-state index in [9.17, 15) is 36.6 Å². The van der Waals surface area contributed by atoms with Gasteiger partial charge >= 0.3 is 27.0 Å². The van der Waals surface area contributed by atoms with Crippen LogP contribution in [-0.4, -0.2) is 87.7 Å². The van der Waals surface area contributed by atoms with E-state index in [0.717, 1.165) is 46.3 Å². The number of carbonyl (C=O) groups is 3. The zero-order valence-electron chi connectivity index (χ0n) is 28.5. The van der Waals surface area contributed by atoms with Crippen molar-refractivity contribution >= 4 is 81.5 Å². The van der Waals surface area contributed by atoms with Crippen LogP contribution in [-0.2, 0) is 42.2 Å². The fourth-order valence-electron chi connectivity index (χ4n) is 4.62. The summed E-state index contributed by atoms with van der Waals surface area (Å²) in [5, 5.41) is 8.48. The Bertz CT molecular complexity index is 2080. The van der Waals surface area contributed by atoms with Crippen molar-refractivity contribution in [1.29, 1.82) is 0 Å². The lowest BCUT2D eigenvalue weighted by molar-refractivity contribution is -0.139. The maximum Gasteiger partial charge on any atom is 0.326 e. The van der Waals surface area contributed by atoms with E-state index in [2.05, 4.69) is 14.5 Å². The SMILES string of the molecule is CC(C)N1C(=O)c2ccccc2NS1(=O)=O.COC(=O)CSc1cc(N=c2sc(=O)n3n2CCCC3)c(F)cc1Cl.CP(=O)(O)CCC(N)C(=O)O. The molecule has 0 bridgehead atoms. The number of nitrogens with two attached hydrogens (primary N) is 1. The quantitative estimate of drug-likeness (QED) is 0.138. The van der Waals surface area contributed by atoms with E-state index < -0.39 is 53.3 Å². The number of para-hydroxylation sites is 1. The Morgan fingerprint density at radius 1 is 1.19 bits per heavy atom. The number of carbonyl (C=O) groups excluding carboxylic acids is 2. The number of halogens is 2. The van der Waals surface area contributed by atoms with Gasteiger partial charge < -0.3 is 20.5 Å². The molecular formula is C30H39ClFN6O10PS3. The Morgan fingerprint density at radius 3 is 2.42 bits per heavy atom. The zero-order valence-corrected chi connectivity index (χ0v) is 32.6. The number of nitrogens with zero attached hydrogens (tertiary/aromatic N) is 4. The van der Waals surface area contributed by atoms with Crippen molar-refractivity contribution in [1.82, 2.24) is 13.7 Å². The van der Waals surface area contributed by atoms with Crippen molar-refractivity contribution in [3.63, 3.8) is 0 Å². The summed E-state index contributed by atoms with van der Waals surface area (Å²) in [6.07, 6.45) is 1.90. The number of carboxylic acids is 1. The van der Waals surface area contributed by atoms with Gasteiger partial charge in [0.1, 0.15) is 17.5 Å². The maximum absolute atomic E-state index is 14.3. The van der Waals surface area contributed by atoms with Crippen LogP contribution in [0.2, 0.25) is 5.02 Å². The van der Waals surface area contributed by atoms with Gasteiger partial charge in [0.05, 0.1) is 29.1 Å². The summed E-state index contributed by atoms with van der Waals surface area (Å²) < 4.78 is 59.7. The second-order valence-electron chi connectivity index (χ2n) is 11.7. The van der Waals surface area contributed by atoms with Gasteiger partial charge in [0.2, 0.25) is 4.80 Å². The monoisotopic (exact) mass is 824 g/mol. The highest BCUT2D eigenvalue weighted by molar-refractivity contribution is 8.00. The zero-order chi connectivity index (χ0) is 39.0. The molecule has 52 heavy (non-hydrogen) atoms. The van der Waals surface area contributed by atoms with Crippen molar-refractivity contribution in [2.45, 2.75) is 63.2 Å². The Balaban J connectivity index is 0.000000232. The van der Waals surface area contributed by atoms with Crippen LogP contribution in [0.5, 0.6) is 0 Å². The Hall–Kier alpha value is -3.52. The molecule has 0 fully saturated rings. The summed E-state index contributed by atoms with van der Waals surface area (Å²) in [5.74, 6) is -2.55. The number of aromatic nitrogens is 2. The molecule has 2 atom stereocenters. The molecule has 22 heteroatoms. The smallest absolute Gasteiger partial charge is 0.326 e.